The highest BCUT2D eigenvalue weighted by Crippen LogP contribution is 2.18. The molecule has 0 amide bonds. The van der Waals surface area contributed by atoms with Crippen molar-refractivity contribution in [1.82, 2.24) is 15.0 Å². The molecule has 0 aliphatic carbocycles. The minimum absolute atomic E-state index is 0.0388. The standard InChI is InChI=1S/C7H8BN3O2S/c12-8(13)5-11-3-7(9-10-11)6-1-2-14-4-6/h1-4,12-13H,5H2. The van der Waals surface area contributed by atoms with Gasteiger partial charge in [-0.3, -0.25) is 4.68 Å². The summed E-state index contributed by atoms with van der Waals surface area (Å²) in [6.07, 6.45) is 1.72. The highest BCUT2D eigenvalue weighted by molar-refractivity contribution is 7.08. The molecule has 2 heterocycles. The van der Waals surface area contributed by atoms with Crippen molar-refractivity contribution < 1.29 is 10.0 Å². The fraction of sp³-hybridized carbons (Fsp3) is 0.143. The van der Waals surface area contributed by atoms with E-state index in [1.807, 2.05) is 16.8 Å². The van der Waals surface area contributed by atoms with Crippen LogP contribution in [-0.4, -0.2) is 32.2 Å². The van der Waals surface area contributed by atoms with Gasteiger partial charge in [0.25, 0.3) is 0 Å². The third-order valence-electron chi connectivity index (χ3n) is 1.71. The molecule has 0 spiro atoms. The van der Waals surface area contributed by atoms with Gasteiger partial charge >= 0.3 is 7.12 Å². The zero-order chi connectivity index (χ0) is 9.97. The first-order chi connectivity index (χ1) is 6.75. The van der Waals surface area contributed by atoms with Crippen LogP contribution in [0.2, 0.25) is 0 Å². The Morgan fingerprint density at radius 3 is 3.00 bits per heavy atom. The molecule has 2 aromatic heterocycles. The number of hydrogen-bond acceptors (Lipinski definition) is 5. The Morgan fingerprint density at radius 2 is 2.36 bits per heavy atom. The monoisotopic (exact) mass is 209 g/mol. The van der Waals surface area contributed by atoms with Crippen molar-refractivity contribution in [2.75, 3.05) is 0 Å². The molecule has 5 nitrogen and oxygen atoms in total. The molecule has 0 saturated heterocycles. The summed E-state index contributed by atoms with van der Waals surface area (Å²) >= 11 is 1.58. The van der Waals surface area contributed by atoms with Gasteiger partial charge in [0.1, 0.15) is 5.69 Å². The summed E-state index contributed by atoms with van der Waals surface area (Å²) in [4.78, 5) is 0. The van der Waals surface area contributed by atoms with E-state index < -0.39 is 7.12 Å². The van der Waals surface area contributed by atoms with Crippen LogP contribution in [0.3, 0.4) is 0 Å². The molecule has 0 aromatic carbocycles. The third kappa shape index (κ3) is 2.01. The molecule has 0 aliphatic rings. The average molecular weight is 209 g/mol. The zero-order valence-corrected chi connectivity index (χ0v) is 8.05. The van der Waals surface area contributed by atoms with Gasteiger partial charge in [0.05, 0.1) is 12.6 Å². The van der Waals surface area contributed by atoms with Crippen molar-refractivity contribution in [1.29, 1.82) is 0 Å². The molecule has 0 saturated carbocycles. The van der Waals surface area contributed by atoms with Gasteiger partial charge in [-0.2, -0.15) is 11.3 Å². The fourth-order valence-electron chi connectivity index (χ4n) is 1.10. The summed E-state index contributed by atoms with van der Waals surface area (Å²) in [5, 5.41) is 29.0. The molecular weight excluding hydrogens is 201 g/mol. The van der Waals surface area contributed by atoms with E-state index in [1.54, 1.807) is 17.5 Å². The minimum atomic E-state index is -1.40. The minimum Gasteiger partial charge on any atom is -0.426 e. The summed E-state index contributed by atoms with van der Waals surface area (Å²) in [7, 11) is -1.40. The van der Waals surface area contributed by atoms with Gasteiger partial charge in [0.2, 0.25) is 0 Å². The Kier molecular flexibility index (Phi) is 2.62. The van der Waals surface area contributed by atoms with E-state index in [2.05, 4.69) is 10.3 Å². The fourth-order valence-corrected chi connectivity index (χ4v) is 1.75. The predicted octanol–water partition coefficient (Wildman–Crippen LogP) is 0.0186. The summed E-state index contributed by atoms with van der Waals surface area (Å²) in [6.45, 7) is 0. The molecule has 2 aromatic rings. The lowest BCUT2D eigenvalue weighted by molar-refractivity contribution is 0.386. The van der Waals surface area contributed by atoms with Crippen LogP contribution in [-0.2, 0) is 6.44 Å². The summed E-state index contributed by atoms with van der Waals surface area (Å²) in [6, 6.07) is 1.94. The lowest BCUT2D eigenvalue weighted by Crippen LogP contribution is -2.20. The molecule has 2 N–H and O–H groups in total. The van der Waals surface area contributed by atoms with Gasteiger partial charge in [-0.15, -0.1) is 5.10 Å². The summed E-state index contributed by atoms with van der Waals surface area (Å²) in [5.41, 5.74) is 1.74. The first-order valence-electron chi connectivity index (χ1n) is 4.04. The van der Waals surface area contributed by atoms with Crippen molar-refractivity contribution in [2.24, 2.45) is 0 Å². The van der Waals surface area contributed by atoms with Crippen LogP contribution in [0.4, 0.5) is 0 Å². The molecule has 2 rings (SSSR count). The van der Waals surface area contributed by atoms with Gasteiger partial charge in [-0.1, -0.05) is 5.21 Å². The molecular formula is C7H8BN3O2S. The second-order valence-corrected chi connectivity index (χ2v) is 3.60. The van der Waals surface area contributed by atoms with Crippen LogP contribution in [0.5, 0.6) is 0 Å². The van der Waals surface area contributed by atoms with Crippen molar-refractivity contribution >= 4 is 18.5 Å². The first-order valence-corrected chi connectivity index (χ1v) is 4.99. The van der Waals surface area contributed by atoms with Crippen LogP contribution in [0, 0.1) is 0 Å². The normalized spacial score (nSPS) is 10.4. The van der Waals surface area contributed by atoms with E-state index in [0.29, 0.717) is 0 Å². The van der Waals surface area contributed by atoms with Gasteiger partial charge in [0.15, 0.2) is 0 Å². The Hall–Kier alpha value is -1.18. The number of nitrogens with zero attached hydrogens (tertiary/aromatic N) is 3. The van der Waals surface area contributed by atoms with Gasteiger partial charge < -0.3 is 10.0 Å². The van der Waals surface area contributed by atoms with E-state index in [0.717, 1.165) is 11.3 Å². The summed E-state index contributed by atoms with van der Waals surface area (Å²) < 4.78 is 1.40. The van der Waals surface area contributed by atoms with Crippen LogP contribution in [0.15, 0.2) is 23.0 Å². The summed E-state index contributed by atoms with van der Waals surface area (Å²) in [5.74, 6) is 0. The van der Waals surface area contributed by atoms with E-state index in [-0.39, 0.29) is 6.44 Å². The third-order valence-corrected chi connectivity index (χ3v) is 2.39. The van der Waals surface area contributed by atoms with E-state index in [4.69, 9.17) is 10.0 Å². The van der Waals surface area contributed by atoms with Crippen LogP contribution in [0.25, 0.3) is 11.3 Å². The van der Waals surface area contributed by atoms with Gasteiger partial charge in [-0.05, 0) is 11.4 Å². The number of thiophene rings is 1. The molecule has 0 radical (unpaired) electrons. The van der Waals surface area contributed by atoms with Crippen molar-refractivity contribution in [3.05, 3.63) is 23.0 Å². The quantitative estimate of drug-likeness (QED) is 0.699. The molecule has 0 bridgehead atoms. The lowest BCUT2D eigenvalue weighted by Gasteiger charge is -1.95. The second-order valence-electron chi connectivity index (χ2n) is 2.82. The highest BCUT2D eigenvalue weighted by atomic mass is 32.1. The Labute approximate surface area is 84.8 Å². The van der Waals surface area contributed by atoms with E-state index in [9.17, 15) is 0 Å². The number of hydrogen-bond donors (Lipinski definition) is 2. The topological polar surface area (TPSA) is 71.2 Å². The number of rotatable bonds is 3. The largest absolute Gasteiger partial charge is 0.474 e. The predicted molar refractivity (Wildman–Crippen MR) is 53.5 cm³/mol. The molecule has 0 fully saturated rings. The Balaban J connectivity index is 2.18. The smallest absolute Gasteiger partial charge is 0.426 e. The molecule has 0 aliphatic heterocycles. The van der Waals surface area contributed by atoms with Gasteiger partial charge in [0, 0.05) is 10.9 Å². The maximum absolute atomic E-state index is 8.71. The van der Waals surface area contributed by atoms with Gasteiger partial charge in [-0.25, -0.2) is 0 Å². The van der Waals surface area contributed by atoms with E-state index in [1.165, 1.54) is 4.68 Å². The maximum atomic E-state index is 8.71. The highest BCUT2D eigenvalue weighted by Gasteiger charge is 2.10. The van der Waals surface area contributed by atoms with Crippen LogP contribution >= 0.6 is 11.3 Å². The molecule has 0 unspecified atom stereocenters. The van der Waals surface area contributed by atoms with Crippen LogP contribution < -0.4 is 0 Å². The molecule has 7 heteroatoms. The van der Waals surface area contributed by atoms with Crippen LogP contribution in [0.1, 0.15) is 0 Å². The van der Waals surface area contributed by atoms with Crippen molar-refractivity contribution in [3.8, 4) is 11.3 Å². The SMILES string of the molecule is OB(O)Cn1cc(-c2ccsc2)nn1. The van der Waals surface area contributed by atoms with E-state index >= 15 is 0 Å². The molecule has 72 valence electrons. The number of aromatic nitrogens is 3. The first kappa shape index (κ1) is 9.38. The molecule has 0 atom stereocenters. The maximum Gasteiger partial charge on any atom is 0.474 e. The molecule has 14 heavy (non-hydrogen) atoms. The Morgan fingerprint density at radius 1 is 1.50 bits per heavy atom. The van der Waals surface area contributed by atoms with Crippen molar-refractivity contribution in [2.45, 2.75) is 6.44 Å². The Bertz CT molecular complexity index is 401. The zero-order valence-electron chi connectivity index (χ0n) is 7.24. The average Bonchev–Trinajstić information content (AvgIpc) is 2.69. The second kappa shape index (κ2) is 3.91. The lowest BCUT2D eigenvalue weighted by atomic mass is 9.93. The van der Waals surface area contributed by atoms with Crippen molar-refractivity contribution in [3.63, 3.8) is 0 Å².